The number of hydrogen-bond donors (Lipinski definition) is 1. The van der Waals surface area contributed by atoms with Gasteiger partial charge in [0.1, 0.15) is 0 Å². The number of nitrogens with zero attached hydrogens (tertiary/aromatic N) is 2. The van der Waals surface area contributed by atoms with Crippen molar-refractivity contribution in [3.05, 3.63) is 10.6 Å². The molecule has 2 aliphatic rings. The van der Waals surface area contributed by atoms with Gasteiger partial charge in [0, 0.05) is 29.9 Å². The van der Waals surface area contributed by atoms with E-state index in [9.17, 15) is 0 Å². The van der Waals surface area contributed by atoms with Crippen LogP contribution in [0.2, 0.25) is 0 Å². The topological polar surface area (TPSA) is 28.2 Å². The Labute approximate surface area is 132 Å². The molecule has 1 N–H and O–H groups in total. The smallest absolute Gasteiger partial charge is 0.185 e. The minimum absolute atomic E-state index is 0. The first kappa shape index (κ1) is 17.0. The van der Waals surface area contributed by atoms with Crippen LogP contribution in [0.4, 0.5) is 5.13 Å². The first-order chi connectivity index (χ1) is 8.19. The molecule has 3 rings (SSSR count). The molecule has 1 aromatic heterocycles. The number of thiazole rings is 1. The van der Waals surface area contributed by atoms with Crippen molar-refractivity contribution < 1.29 is 0 Å². The van der Waals surface area contributed by atoms with E-state index >= 15 is 0 Å². The van der Waals surface area contributed by atoms with Crippen molar-refractivity contribution in [3.63, 3.8) is 0 Å². The number of hydrogen-bond acceptors (Lipinski definition) is 4. The van der Waals surface area contributed by atoms with Crippen molar-refractivity contribution in [2.24, 2.45) is 5.41 Å². The first-order valence-corrected chi connectivity index (χ1v) is 7.40. The molecule has 0 radical (unpaired) electrons. The lowest BCUT2D eigenvalue weighted by atomic mass is 9.79. The lowest BCUT2D eigenvalue weighted by Crippen LogP contribution is -2.44. The van der Waals surface area contributed by atoms with Crippen molar-refractivity contribution in [3.8, 4) is 0 Å². The van der Waals surface area contributed by atoms with Gasteiger partial charge < -0.3 is 10.2 Å². The number of anilines is 1. The minimum Gasteiger partial charge on any atom is -0.347 e. The van der Waals surface area contributed by atoms with Crippen molar-refractivity contribution in [2.75, 3.05) is 31.1 Å². The summed E-state index contributed by atoms with van der Waals surface area (Å²) < 4.78 is 0. The highest BCUT2D eigenvalue weighted by Gasteiger charge is 2.38. The van der Waals surface area contributed by atoms with Crippen LogP contribution in [0.15, 0.2) is 0 Å². The number of aryl methyl sites for hydroxylation is 2. The monoisotopic (exact) mass is 323 g/mol. The number of halogens is 2. The van der Waals surface area contributed by atoms with Gasteiger partial charge in [-0.15, -0.1) is 36.2 Å². The van der Waals surface area contributed by atoms with Gasteiger partial charge >= 0.3 is 0 Å². The molecule has 1 aromatic rings. The standard InChI is InChI=1S/C13H21N3S.2ClH/c1-10-11(2)17-12(15-10)16-7-3-4-13(9-16)5-6-14-8-13;;/h14H,3-9H2,1-2H3;2*1H. The van der Waals surface area contributed by atoms with Gasteiger partial charge in [-0.3, -0.25) is 0 Å². The van der Waals surface area contributed by atoms with Crippen molar-refractivity contribution >= 4 is 41.3 Å². The van der Waals surface area contributed by atoms with E-state index in [1.165, 1.54) is 61.1 Å². The van der Waals surface area contributed by atoms with Crippen LogP contribution in [-0.2, 0) is 0 Å². The Balaban J connectivity index is 0.000000902. The molecule has 6 heteroatoms. The average molecular weight is 324 g/mol. The molecule has 0 aromatic carbocycles. The van der Waals surface area contributed by atoms with Gasteiger partial charge in [0.25, 0.3) is 0 Å². The maximum atomic E-state index is 4.71. The third-order valence-corrected chi connectivity index (χ3v) is 5.41. The molecule has 2 aliphatic heterocycles. The third kappa shape index (κ3) is 3.35. The summed E-state index contributed by atoms with van der Waals surface area (Å²) in [6.07, 6.45) is 4.05. The summed E-state index contributed by atoms with van der Waals surface area (Å²) in [6, 6.07) is 0. The normalized spacial score (nSPS) is 26.1. The van der Waals surface area contributed by atoms with Gasteiger partial charge in [0.15, 0.2) is 5.13 Å². The summed E-state index contributed by atoms with van der Waals surface area (Å²) in [5, 5.41) is 4.77. The zero-order valence-corrected chi connectivity index (χ0v) is 14.0. The molecule has 3 nitrogen and oxygen atoms in total. The summed E-state index contributed by atoms with van der Waals surface area (Å²) in [4.78, 5) is 8.59. The summed E-state index contributed by atoms with van der Waals surface area (Å²) in [5.74, 6) is 0. The van der Waals surface area contributed by atoms with Gasteiger partial charge in [0.2, 0.25) is 0 Å². The molecule has 0 aliphatic carbocycles. The average Bonchev–Trinajstić information content (AvgIpc) is 2.88. The summed E-state index contributed by atoms with van der Waals surface area (Å²) in [5.41, 5.74) is 1.74. The molecule has 0 saturated carbocycles. The fourth-order valence-corrected chi connectivity index (χ4v) is 4.04. The molecule has 0 amide bonds. The van der Waals surface area contributed by atoms with Crippen LogP contribution in [0, 0.1) is 19.3 Å². The molecular weight excluding hydrogens is 301 g/mol. The molecule has 1 atom stereocenters. The number of piperidine rings is 1. The molecular formula is C13H23Cl2N3S. The van der Waals surface area contributed by atoms with Crippen LogP contribution in [0.5, 0.6) is 0 Å². The maximum absolute atomic E-state index is 4.71. The number of nitrogens with one attached hydrogen (secondary N) is 1. The Morgan fingerprint density at radius 3 is 2.63 bits per heavy atom. The van der Waals surface area contributed by atoms with Crippen LogP contribution in [-0.4, -0.2) is 31.2 Å². The Kier molecular flexibility index (Phi) is 5.93. The zero-order valence-electron chi connectivity index (χ0n) is 11.6. The van der Waals surface area contributed by atoms with E-state index < -0.39 is 0 Å². The molecule has 1 spiro atoms. The molecule has 3 heterocycles. The van der Waals surface area contributed by atoms with E-state index in [0.29, 0.717) is 5.41 Å². The van der Waals surface area contributed by atoms with Gasteiger partial charge in [-0.25, -0.2) is 4.98 Å². The van der Waals surface area contributed by atoms with Crippen molar-refractivity contribution in [1.82, 2.24) is 10.3 Å². The first-order valence-electron chi connectivity index (χ1n) is 6.58. The highest BCUT2D eigenvalue weighted by molar-refractivity contribution is 7.15. The van der Waals surface area contributed by atoms with E-state index in [1.807, 2.05) is 11.3 Å². The van der Waals surface area contributed by atoms with Crippen LogP contribution >= 0.6 is 36.2 Å². The third-order valence-electron chi connectivity index (χ3n) is 4.28. The maximum Gasteiger partial charge on any atom is 0.185 e. The highest BCUT2D eigenvalue weighted by atomic mass is 35.5. The van der Waals surface area contributed by atoms with E-state index in [2.05, 4.69) is 24.1 Å². The highest BCUT2D eigenvalue weighted by Crippen LogP contribution is 2.38. The Morgan fingerprint density at radius 1 is 1.26 bits per heavy atom. The molecule has 110 valence electrons. The second-order valence-corrected chi connectivity index (χ2v) is 6.77. The Morgan fingerprint density at radius 2 is 2.05 bits per heavy atom. The van der Waals surface area contributed by atoms with Gasteiger partial charge in [-0.2, -0.15) is 0 Å². The van der Waals surface area contributed by atoms with E-state index in [-0.39, 0.29) is 24.8 Å². The zero-order chi connectivity index (χ0) is 11.9. The van der Waals surface area contributed by atoms with Crippen molar-refractivity contribution in [2.45, 2.75) is 33.1 Å². The van der Waals surface area contributed by atoms with E-state index in [1.54, 1.807) is 0 Å². The predicted molar refractivity (Wildman–Crippen MR) is 87.5 cm³/mol. The minimum atomic E-state index is 0. The van der Waals surface area contributed by atoms with Crippen LogP contribution in [0.25, 0.3) is 0 Å². The second-order valence-electron chi connectivity index (χ2n) is 5.59. The van der Waals surface area contributed by atoms with Gasteiger partial charge in [-0.05, 0) is 39.7 Å². The lowest BCUT2D eigenvalue weighted by molar-refractivity contribution is 0.261. The van der Waals surface area contributed by atoms with Crippen LogP contribution in [0.3, 0.4) is 0 Å². The molecule has 2 saturated heterocycles. The summed E-state index contributed by atoms with van der Waals surface area (Å²) in [6.45, 7) is 9.08. The quantitative estimate of drug-likeness (QED) is 0.860. The van der Waals surface area contributed by atoms with Crippen LogP contribution in [0.1, 0.15) is 29.8 Å². The number of aromatic nitrogens is 1. The number of rotatable bonds is 1. The molecule has 0 bridgehead atoms. The molecule has 19 heavy (non-hydrogen) atoms. The SMILES string of the molecule is Cc1nc(N2CCCC3(CCNC3)C2)sc1C.Cl.Cl. The van der Waals surface area contributed by atoms with Gasteiger partial charge in [-0.1, -0.05) is 0 Å². The Hall–Kier alpha value is -0.0300. The van der Waals surface area contributed by atoms with Crippen molar-refractivity contribution in [1.29, 1.82) is 0 Å². The Bertz CT molecular complexity index is 397. The molecule has 1 unspecified atom stereocenters. The second kappa shape index (κ2) is 6.61. The summed E-state index contributed by atoms with van der Waals surface area (Å²) in [7, 11) is 0. The predicted octanol–water partition coefficient (Wildman–Crippen LogP) is 3.18. The molecule has 2 fully saturated rings. The van der Waals surface area contributed by atoms with E-state index in [0.717, 1.165) is 0 Å². The fraction of sp³-hybridized carbons (Fsp3) is 0.769. The van der Waals surface area contributed by atoms with E-state index in [4.69, 9.17) is 4.98 Å². The van der Waals surface area contributed by atoms with Crippen LogP contribution < -0.4 is 10.2 Å². The van der Waals surface area contributed by atoms with Gasteiger partial charge in [0.05, 0.1) is 5.69 Å². The fourth-order valence-electron chi connectivity index (χ4n) is 3.11. The largest absolute Gasteiger partial charge is 0.347 e. The summed E-state index contributed by atoms with van der Waals surface area (Å²) >= 11 is 1.86. The lowest BCUT2D eigenvalue weighted by Gasteiger charge is -2.39.